The first kappa shape index (κ1) is 107. The minimum absolute atomic E-state index is 0.224. The summed E-state index contributed by atoms with van der Waals surface area (Å²) in [5.41, 5.74) is 8.21. The topological polar surface area (TPSA) is 301 Å². The zero-order valence-electron chi connectivity index (χ0n) is 74.0. The Labute approximate surface area is 719 Å². The van der Waals surface area contributed by atoms with Crippen molar-refractivity contribution in [1.29, 1.82) is 0 Å². The van der Waals surface area contributed by atoms with E-state index < -0.39 is 0 Å². The second-order valence-corrected chi connectivity index (χ2v) is 24.7. The number of benzene rings is 9. The number of esters is 9. The fourth-order valence-corrected chi connectivity index (χ4v) is 9.52. The molecule has 0 N–H and O–H groups in total. The minimum atomic E-state index is -0.347. The van der Waals surface area contributed by atoms with E-state index in [1.165, 1.54) is 14.2 Å². The summed E-state index contributed by atoms with van der Waals surface area (Å²) >= 11 is 0. The molecule has 0 aliphatic rings. The van der Waals surface area contributed by atoms with E-state index in [-0.39, 0.29) is 53.7 Å². The molecule has 9 rings (SSSR count). The van der Waals surface area contributed by atoms with Crippen LogP contribution in [0.3, 0.4) is 0 Å². The van der Waals surface area contributed by atoms with Crippen LogP contribution in [0.4, 0.5) is 0 Å². The maximum atomic E-state index is 11.6. The highest BCUT2D eigenvalue weighted by atomic mass is 16.6. The first-order valence-electron chi connectivity index (χ1n) is 40.1. The number of hydrogen-bond donors (Lipinski definition) is 0. The van der Waals surface area contributed by atoms with Crippen molar-refractivity contribution < 1.29 is 119 Å². The Morgan fingerprint density at radius 1 is 0.254 bits per heavy atom. The Morgan fingerprint density at radius 2 is 0.598 bits per heavy atom. The summed E-state index contributed by atoms with van der Waals surface area (Å²) in [4.78, 5) is 102. The van der Waals surface area contributed by atoms with Crippen LogP contribution < -0.4 is 33.2 Å². The Balaban J connectivity index is 0.000000687. The third kappa shape index (κ3) is 43.5. The molecule has 0 aliphatic heterocycles. The lowest BCUT2D eigenvalue weighted by atomic mass is 10.1. The van der Waals surface area contributed by atoms with Gasteiger partial charge in [-0.1, -0.05) is 99.8 Å². The number of rotatable bonds is 31. The second kappa shape index (κ2) is 65.7. The highest BCUT2D eigenvalue weighted by Gasteiger charge is 2.16. The Morgan fingerprint density at radius 3 is 1.00 bits per heavy atom. The fraction of sp³-hybridized carbons (Fsp3) is 0.351. The zero-order chi connectivity index (χ0) is 90.8. The second-order valence-electron chi connectivity index (χ2n) is 24.7. The predicted molar refractivity (Wildman–Crippen MR) is 469 cm³/mol. The van der Waals surface area contributed by atoms with Gasteiger partial charge >= 0.3 is 53.7 Å². The Hall–Kier alpha value is -13.2. The molecule has 0 unspecified atom stereocenters. The average molecular weight is 1690 g/mol. The van der Waals surface area contributed by atoms with Crippen LogP contribution in [0, 0.1) is 13.8 Å². The van der Waals surface area contributed by atoms with Crippen molar-refractivity contribution in [2.45, 2.75) is 122 Å². The van der Waals surface area contributed by atoms with Gasteiger partial charge in [-0.15, -0.1) is 0 Å². The van der Waals surface area contributed by atoms with Crippen molar-refractivity contribution in [3.63, 3.8) is 0 Å². The maximum Gasteiger partial charge on any atom is 0.341 e. The molecule has 0 aromatic heterocycles. The van der Waals surface area contributed by atoms with Gasteiger partial charge in [0, 0.05) is 0 Å². The molecule has 25 heteroatoms. The van der Waals surface area contributed by atoms with E-state index in [1.54, 1.807) is 227 Å². The summed E-state index contributed by atoms with van der Waals surface area (Å²) in [6, 6.07) is 61.7. The molecule has 0 saturated heterocycles. The van der Waals surface area contributed by atoms with Crippen LogP contribution in [-0.2, 0) is 49.1 Å². The number of methoxy groups -OCH3 is 6. The van der Waals surface area contributed by atoms with E-state index in [1.807, 2.05) is 83.1 Å². The van der Waals surface area contributed by atoms with E-state index in [0.29, 0.717) is 139 Å². The molecular formula is C97H122O25. The highest BCUT2D eigenvalue weighted by molar-refractivity contribution is 5.95. The molecule has 0 radical (unpaired) electrons. The maximum absolute atomic E-state index is 11.6. The van der Waals surface area contributed by atoms with Gasteiger partial charge < -0.3 is 75.8 Å². The lowest BCUT2D eigenvalue weighted by Gasteiger charge is -2.08. The van der Waals surface area contributed by atoms with E-state index in [2.05, 4.69) is 25.5 Å². The highest BCUT2D eigenvalue weighted by Crippen LogP contribution is 2.23. The van der Waals surface area contributed by atoms with Crippen molar-refractivity contribution in [3.8, 4) is 40.2 Å². The minimum Gasteiger partial charge on any atom is -0.497 e. The Bertz CT molecular complexity index is 4400. The fourth-order valence-electron chi connectivity index (χ4n) is 9.52. The predicted octanol–water partition coefficient (Wildman–Crippen LogP) is 20.0. The van der Waals surface area contributed by atoms with Crippen LogP contribution in [0.2, 0.25) is 0 Å². The number of aryl methyl sites for hydroxylation is 3. The number of hydrogen-bond acceptors (Lipinski definition) is 25. The van der Waals surface area contributed by atoms with E-state index in [9.17, 15) is 43.2 Å². The monoisotopic (exact) mass is 1690 g/mol. The van der Waals surface area contributed by atoms with Crippen molar-refractivity contribution in [2.75, 3.05) is 109 Å². The van der Waals surface area contributed by atoms with Gasteiger partial charge in [0.2, 0.25) is 0 Å². The molecule has 25 nitrogen and oxygen atoms in total. The number of carbonyl (C=O) groups is 9. The largest absolute Gasteiger partial charge is 0.497 e. The van der Waals surface area contributed by atoms with Gasteiger partial charge in [0.25, 0.3) is 0 Å². The van der Waals surface area contributed by atoms with Gasteiger partial charge in [-0.05, 0) is 251 Å². The molecule has 122 heavy (non-hydrogen) atoms. The quantitative estimate of drug-likeness (QED) is 0.0221. The number of carbonyl (C=O) groups excluding carboxylic acids is 9. The van der Waals surface area contributed by atoms with E-state index in [0.717, 1.165) is 66.0 Å². The molecule has 0 heterocycles. The van der Waals surface area contributed by atoms with Gasteiger partial charge in [-0.3, -0.25) is 0 Å². The van der Waals surface area contributed by atoms with Crippen molar-refractivity contribution >= 4 is 53.7 Å². The molecule has 0 fully saturated rings. The van der Waals surface area contributed by atoms with Crippen LogP contribution in [0.5, 0.6) is 40.2 Å². The average Bonchev–Trinajstić information content (AvgIpc) is 0.845. The van der Waals surface area contributed by atoms with Crippen LogP contribution in [-0.4, -0.2) is 162 Å². The zero-order valence-corrected chi connectivity index (χ0v) is 74.0. The summed E-state index contributed by atoms with van der Waals surface area (Å²) in [6.07, 6.45) is 4.82. The molecule has 0 spiro atoms. The van der Waals surface area contributed by atoms with Crippen LogP contribution in [0.1, 0.15) is 212 Å². The summed E-state index contributed by atoms with van der Waals surface area (Å²) in [6.45, 7) is 29.1. The molecule has 9 aromatic carbocycles. The van der Waals surface area contributed by atoms with Gasteiger partial charge in [-0.2, -0.15) is 0 Å². The molecule has 0 atom stereocenters. The number of ether oxygens (including phenoxy) is 16. The summed E-state index contributed by atoms with van der Waals surface area (Å²) < 4.78 is 79.4. The van der Waals surface area contributed by atoms with Crippen molar-refractivity contribution in [1.82, 2.24) is 0 Å². The standard InChI is InChI=1S/C13H18O3.C12H16O2.2C11H14O3.C11H14O2.3C10H12O3.C9H10O3/c1-4-5-8-16-13(14)11-7-6-10(2)12(9-11)15-3;1-3-4-9-14-12(13)11-7-5-10(2)6-8-11;1-3-13-10-7-5-9(6-8-10)11(12)14-4-2;1-3-13-10-8-6-5-7-9(10)11(12)14-4-2;1-3-9-6-5-7-10(8-9)11(12)13-4-2;1-3-13-10(11)8-4-6-9(12-2)7-5-8;1-3-13-10(11)8-5-4-6-9(7-8)12-2;1-3-13-10(11)8-6-4-5-7-9(8)12-2;1-11-8-5-3-7(4-6-8)9(10)12-2/h6-7,9H,4-5,8H2,1-3H3;5-8H,3-4,9H2,1-2H3;2*5-8H,3-4H2,1-2H3;5-8H,3-4H2,1-2H3;3*4-7H,3H2,1-2H3;3-6H,1-2H3. The van der Waals surface area contributed by atoms with Crippen molar-refractivity contribution in [2.24, 2.45) is 0 Å². The summed E-state index contributed by atoms with van der Waals surface area (Å²) in [7, 11) is 9.19. The smallest absolute Gasteiger partial charge is 0.341 e. The number of para-hydroxylation sites is 2. The molecule has 660 valence electrons. The Kier molecular flexibility index (Phi) is 57.5. The molecule has 9 aromatic rings. The summed E-state index contributed by atoms with van der Waals surface area (Å²) in [5.74, 6) is 2.03. The molecule has 0 amide bonds. The van der Waals surface area contributed by atoms with Crippen molar-refractivity contribution in [3.05, 3.63) is 279 Å². The van der Waals surface area contributed by atoms with Crippen LogP contribution in [0.25, 0.3) is 0 Å². The lowest BCUT2D eigenvalue weighted by Crippen LogP contribution is -2.07. The van der Waals surface area contributed by atoms with Gasteiger partial charge in [0.05, 0.1) is 148 Å². The number of unbranched alkanes of at least 4 members (excludes halogenated alkanes) is 2. The first-order valence-corrected chi connectivity index (χ1v) is 40.1. The summed E-state index contributed by atoms with van der Waals surface area (Å²) in [5, 5.41) is 0. The van der Waals surface area contributed by atoms with Gasteiger partial charge in [0.1, 0.15) is 51.4 Å². The SMILES string of the molecule is CCCCOC(=O)c1ccc(C)c(OC)c1.CCCCOC(=O)c1ccc(C)cc1.CCOC(=O)c1ccc(OC)cc1.CCOC(=O)c1ccc(OCC)cc1.CCOC(=O)c1cccc(CC)c1.CCOC(=O)c1cccc(OC)c1.CCOC(=O)c1ccccc1OC.CCOC(=O)c1ccccc1OCC.COC(=O)c1ccc(OC)cc1. The van der Waals surface area contributed by atoms with Gasteiger partial charge in [-0.25, -0.2) is 43.2 Å². The first-order chi connectivity index (χ1) is 58.9. The molecule has 0 aliphatic carbocycles. The molecule has 0 bridgehead atoms. The van der Waals surface area contributed by atoms with E-state index >= 15 is 0 Å². The van der Waals surface area contributed by atoms with E-state index in [4.69, 9.17) is 71.1 Å². The van der Waals surface area contributed by atoms with Crippen LogP contribution in [0.15, 0.2) is 212 Å². The van der Waals surface area contributed by atoms with Gasteiger partial charge in [0.15, 0.2) is 0 Å². The van der Waals surface area contributed by atoms with Crippen LogP contribution >= 0.6 is 0 Å². The third-order valence-electron chi connectivity index (χ3n) is 15.9. The molecule has 0 saturated carbocycles. The molecular weight excluding hydrogens is 1570 g/mol. The lowest BCUT2D eigenvalue weighted by molar-refractivity contribution is 0.0490. The normalized spacial score (nSPS) is 9.57. The third-order valence-corrected chi connectivity index (χ3v) is 15.9.